The van der Waals surface area contributed by atoms with Crippen molar-refractivity contribution >= 4 is 5.91 Å². The van der Waals surface area contributed by atoms with Crippen LogP contribution < -0.4 is 4.74 Å². The smallest absolute Gasteiger partial charge is 0.225 e. The molecule has 0 radical (unpaired) electrons. The average Bonchev–Trinajstić information content (AvgIpc) is 3.05. The van der Waals surface area contributed by atoms with E-state index in [1.165, 1.54) is 0 Å². The van der Waals surface area contributed by atoms with Gasteiger partial charge in [0.15, 0.2) is 0 Å². The van der Waals surface area contributed by atoms with Gasteiger partial charge in [-0.3, -0.25) is 4.79 Å². The number of hydrogen-bond acceptors (Lipinski definition) is 3. The number of likely N-dealkylation sites (tertiary alicyclic amines) is 1. The Balaban J connectivity index is 1.51. The number of amides is 1. The topological polar surface area (TPSA) is 42.4 Å². The molecular weight excluding hydrogens is 216 g/mol. The van der Waals surface area contributed by atoms with Crippen molar-refractivity contribution in [1.82, 2.24) is 9.88 Å². The van der Waals surface area contributed by atoms with E-state index in [9.17, 15) is 4.79 Å². The lowest BCUT2D eigenvalue weighted by Gasteiger charge is -2.38. The van der Waals surface area contributed by atoms with Crippen molar-refractivity contribution in [3.63, 3.8) is 0 Å². The normalized spacial score (nSPS) is 19.9. The van der Waals surface area contributed by atoms with Gasteiger partial charge in [0.05, 0.1) is 13.1 Å². The van der Waals surface area contributed by atoms with Gasteiger partial charge in [0, 0.05) is 17.7 Å². The summed E-state index contributed by atoms with van der Waals surface area (Å²) in [4.78, 5) is 17.9. The zero-order chi connectivity index (χ0) is 11.8. The van der Waals surface area contributed by atoms with E-state index in [0.717, 1.165) is 18.5 Å². The first-order valence-corrected chi connectivity index (χ1v) is 6.11. The van der Waals surface area contributed by atoms with Gasteiger partial charge in [-0.25, -0.2) is 4.98 Å². The van der Waals surface area contributed by atoms with Crippen LogP contribution in [0.15, 0.2) is 18.2 Å². The van der Waals surface area contributed by atoms with Crippen molar-refractivity contribution in [2.45, 2.75) is 25.9 Å². The minimum absolute atomic E-state index is 0.118. The third-order valence-corrected chi connectivity index (χ3v) is 3.24. The molecule has 1 aliphatic heterocycles. The van der Waals surface area contributed by atoms with Crippen LogP contribution in [0.5, 0.6) is 5.88 Å². The number of aromatic nitrogens is 1. The minimum Gasteiger partial charge on any atom is -0.471 e. The summed E-state index contributed by atoms with van der Waals surface area (Å²) >= 11 is 0. The van der Waals surface area contributed by atoms with E-state index in [-0.39, 0.29) is 6.10 Å². The summed E-state index contributed by atoms with van der Waals surface area (Å²) < 4.78 is 5.71. The standard InChI is InChI=1S/C13H16N2O2/c1-9-3-2-4-12(14-9)17-11-7-15(8-11)13(16)10-5-6-10/h2-4,10-11H,5-8H2,1H3. The van der Waals surface area contributed by atoms with Crippen LogP contribution in [0.1, 0.15) is 18.5 Å². The molecule has 0 aromatic carbocycles. The average molecular weight is 232 g/mol. The van der Waals surface area contributed by atoms with Crippen molar-refractivity contribution in [3.05, 3.63) is 23.9 Å². The molecule has 1 saturated carbocycles. The fourth-order valence-electron chi connectivity index (χ4n) is 2.04. The molecule has 0 spiro atoms. The lowest BCUT2D eigenvalue weighted by molar-refractivity contribution is -0.141. The Morgan fingerprint density at radius 2 is 2.18 bits per heavy atom. The van der Waals surface area contributed by atoms with Crippen LogP contribution in [0.4, 0.5) is 0 Å². The molecule has 1 saturated heterocycles. The molecular formula is C13H16N2O2. The molecule has 1 amide bonds. The van der Waals surface area contributed by atoms with Gasteiger partial charge in [0.1, 0.15) is 6.10 Å². The number of ether oxygens (including phenoxy) is 1. The lowest BCUT2D eigenvalue weighted by atomic mass is 10.1. The molecule has 3 rings (SSSR count). The molecule has 4 heteroatoms. The van der Waals surface area contributed by atoms with Crippen molar-refractivity contribution in [2.75, 3.05) is 13.1 Å². The minimum atomic E-state index is 0.118. The second kappa shape index (κ2) is 4.02. The zero-order valence-electron chi connectivity index (χ0n) is 9.93. The SMILES string of the molecule is Cc1cccc(OC2CN(C(=O)C3CC3)C2)n1. The quantitative estimate of drug-likeness (QED) is 0.791. The van der Waals surface area contributed by atoms with Crippen molar-refractivity contribution < 1.29 is 9.53 Å². The van der Waals surface area contributed by atoms with Crippen LogP contribution in [-0.4, -0.2) is 35.0 Å². The van der Waals surface area contributed by atoms with Crippen LogP contribution in [0, 0.1) is 12.8 Å². The van der Waals surface area contributed by atoms with Crippen molar-refractivity contribution in [2.24, 2.45) is 5.92 Å². The van der Waals surface area contributed by atoms with Gasteiger partial charge >= 0.3 is 0 Å². The largest absolute Gasteiger partial charge is 0.471 e. The van der Waals surface area contributed by atoms with E-state index >= 15 is 0 Å². The molecule has 1 aliphatic carbocycles. The van der Waals surface area contributed by atoms with E-state index in [4.69, 9.17) is 4.74 Å². The summed E-state index contributed by atoms with van der Waals surface area (Å²) in [6.07, 6.45) is 2.26. The molecule has 1 aromatic rings. The van der Waals surface area contributed by atoms with Crippen molar-refractivity contribution in [3.8, 4) is 5.88 Å². The number of carbonyl (C=O) groups is 1. The summed E-state index contributed by atoms with van der Waals surface area (Å²) in [7, 11) is 0. The molecule has 0 atom stereocenters. The Morgan fingerprint density at radius 3 is 2.82 bits per heavy atom. The first kappa shape index (κ1) is 10.6. The highest BCUT2D eigenvalue weighted by atomic mass is 16.5. The van der Waals surface area contributed by atoms with E-state index in [0.29, 0.717) is 30.8 Å². The maximum atomic E-state index is 11.7. The third-order valence-electron chi connectivity index (χ3n) is 3.24. The Morgan fingerprint density at radius 1 is 1.41 bits per heavy atom. The Hall–Kier alpha value is -1.58. The van der Waals surface area contributed by atoms with Gasteiger partial charge in [0.2, 0.25) is 11.8 Å². The van der Waals surface area contributed by atoms with Gasteiger partial charge in [-0.1, -0.05) is 6.07 Å². The fourth-order valence-corrected chi connectivity index (χ4v) is 2.04. The third kappa shape index (κ3) is 2.25. The number of carbonyl (C=O) groups excluding carboxylic acids is 1. The summed E-state index contributed by atoms with van der Waals surface area (Å²) in [6, 6.07) is 5.73. The Kier molecular flexibility index (Phi) is 2.50. The summed E-state index contributed by atoms with van der Waals surface area (Å²) in [5.41, 5.74) is 0.952. The Bertz CT molecular complexity index is 437. The van der Waals surface area contributed by atoms with Crippen LogP contribution in [0.25, 0.3) is 0 Å². The van der Waals surface area contributed by atoms with Gasteiger partial charge in [-0.15, -0.1) is 0 Å². The highest BCUT2D eigenvalue weighted by Gasteiger charge is 2.40. The van der Waals surface area contributed by atoms with Gasteiger partial charge in [-0.2, -0.15) is 0 Å². The molecule has 4 nitrogen and oxygen atoms in total. The van der Waals surface area contributed by atoms with Crippen LogP contribution in [0.2, 0.25) is 0 Å². The predicted octanol–water partition coefficient (Wildman–Crippen LogP) is 1.39. The van der Waals surface area contributed by atoms with Crippen LogP contribution in [0.3, 0.4) is 0 Å². The maximum Gasteiger partial charge on any atom is 0.225 e. The molecule has 17 heavy (non-hydrogen) atoms. The van der Waals surface area contributed by atoms with Gasteiger partial charge < -0.3 is 9.64 Å². The summed E-state index contributed by atoms with van der Waals surface area (Å²) in [5, 5.41) is 0. The van der Waals surface area contributed by atoms with Gasteiger partial charge in [-0.05, 0) is 25.8 Å². The highest BCUT2D eigenvalue weighted by molar-refractivity contribution is 5.81. The first-order chi connectivity index (χ1) is 8.22. The number of rotatable bonds is 3. The lowest BCUT2D eigenvalue weighted by Crippen LogP contribution is -2.56. The maximum absolute atomic E-state index is 11.7. The molecule has 2 heterocycles. The van der Waals surface area contributed by atoms with Crippen molar-refractivity contribution in [1.29, 1.82) is 0 Å². The zero-order valence-corrected chi connectivity index (χ0v) is 9.93. The molecule has 2 fully saturated rings. The molecule has 1 aromatic heterocycles. The number of aryl methyl sites for hydroxylation is 1. The number of nitrogens with zero attached hydrogens (tertiary/aromatic N) is 2. The molecule has 0 bridgehead atoms. The van der Waals surface area contributed by atoms with Crippen LogP contribution in [-0.2, 0) is 4.79 Å². The monoisotopic (exact) mass is 232 g/mol. The summed E-state index contributed by atoms with van der Waals surface area (Å²) in [5.74, 6) is 1.28. The van der Waals surface area contributed by atoms with E-state index in [1.54, 1.807) is 0 Å². The fraction of sp³-hybridized carbons (Fsp3) is 0.538. The van der Waals surface area contributed by atoms with Gasteiger partial charge in [0.25, 0.3) is 0 Å². The molecule has 0 unspecified atom stereocenters. The molecule has 0 N–H and O–H groups in total. The van der Waals surface area contributed by atoms with E-state index < -0.39 is 0 Å². The number of hydrogen-bond donors (Lipinski definition) is 0. The second-order valence-electron chi connectivity index (χ2n) is 4.87. The Labute approximate surface area is 101 Å². The highest BCUT2D eigenvalue weighted by Crippen LogP contribution is 2.32. The molecule has 2 aliphatic rings. The van der Waals surface area contributed by atoms with E-state index in [1.807, 2.05) is 30.0 Å². The predicted molar refractivity (Wildman–Crippen MR) is 62.7 cm³/mol. The molecule has 90 valence electrons. The second-order valence-corrected chi connectivity index (χ2v) is 4.87. The van der Waals surface area contributed by atoms with E-state index in [2.05, 4.69) is 4.98 Å². The number of pyridine rings is 1. The summed E-state index contributed by atoms with van der Waals surface area (Å²) in [6.45, 7) is 3.37. The first-order valence-electron chi connectivity index (χ1n) is 6.11. The van der Waals surface area contributed by atoms with Crippen LogP contribution >= 0.6 is 0 Å².